The highest BCUT2D eigenvalue weighted by molar-refractivity contribution is 6.30. The molecule has 3 heterocycles. The van der Waals surface area contributed by atoms with Crippen LogP contribution < -0.4 is 19.7 Å². The molecule has 0 bridgehead atoms. The Balaban J connectivity index is 1.21. The standard InChI is InChI=1S/C25H30ClN3O3/c26-20-5-7-23(27-15-20)29-12-8-18(9-13-29)24(30)28-16-25(10-2-1-3-11-25)19-4-6-21-22(14-19)32-17-31-21/h4-7,14-15,18H,1-3,8-13,16-17H2,(H,28,30). The van der Waals surface area contributed by atoms with Crippen LogP contribution in [0.2, 0.25) is 5.02 Å². The zero-order valence-electron chi connectivity index (χ0n) is 18.3. The maximum absolute atomic E-state index is 13.1. The molecule has 1 N–H and O–H groups in total. The van der Waals surface area contributed by atoms with Crippen LogP contribution in [0.5, 0.6) is 11.5 Å². The largest absolute Gasteiger partial charge is 0.454 e. The number of ether oxygens (including phenoxy) is 2. The Morgan fingerprint density at radius 1 is 1.09 bits per heavy atom. The highest BCUT2D eigenvalue weighted by atomic mass is 35.5. The molecule has 1 aliphatic carbocycles. The summed E-state index contributed by atoms with van der Waals surface area (Å²) < 4.78 is 11.1. The minimum atomic E-state index is -0.0250. The van der Waals surface area contributed by atoms with Crippen molar-refractivity contribution in [3.05, 3.63) is 47.1 Å². The monoisotopic (exact) mass is 455 g/mol. The fourth-order valence-corrected chi connectivity index (χ4v) is 5.46. The van der Waals surface area contributed by atoms with Gasteiger partial charge in [0.25, 0.3) is 0 Å². The van der Waals surface area contributed by atoms with E-state index in [1.807, 2.05) is 18.2 Å². The van der Waals surface area contributed by atoms with E-state index in [1.54, 1.807) is 6.20 Å². The number of fused-ring (bicyclic) bond motifs is 1. The van der Waals surface area contributed by atoms with Crippen LogP contribution in [0.1, 0.15) is 50.5 Å². The number of aromatic nitrogens is 1. The number of carbonyl (C=O) groups excluding carboxylic acids is 1. The van der Waals surface area contributed by atoms with Crippen molar-refractivity contribution in [1.29, 1.82) is 0 Å². The van der Waals surface area contributed by atoms with E-state index in [1.165, 1.54) is 24.8 Å². The van der Waals surface area contributed by atoms with Gasteiger partial charge in [-0.25, -0.2) is 4.98 Å². The van der Waals surface area contributed by atoms with E-state index in [0.29, 0.717) is 11.6 Å². The van der Waals surface area contributed by atoms with Gasteiger partial charge in [0, 0.05) is 37.2 Å². The summed E-state index contributed by atoms with van der Waals surface area (Å²) in [5, 5.41) is 3.97. The summed E-state index contributed by atoms with van der Waals surface area (Å²) in [6, 6.07) is 10.1. The third-order valence-electron chi connectivity index (χ3n) is 7.30. The number of halogens is 1. The summed E-state index contributed by atoms with van der Waals surface area (Å²) in [6.07, 6.45) is 9.18. The Morgan fingerprint density at radius 3 is 2.62 bits per heavy atom. The zero-order chi connectivity index (χ0) is 22.0. The predicted octanol–water partition coefficient (Wildman–Crippen LogP) is 4.70. The molecule has 1 aromatic carbocycles. The van der Waals surface area contributed by atoms with Crippen LogP contribution in [-0.4, -0.2) is 37.3 Å². The Labute approximate surface area is 194 Å². The molecule has 2 aliphatic heterocycles. The molecule has 1 amide bonds. The maximum atomic E-state index is 13.1. The Bertz CT molecular complexity index is 951. The van der Waals surface area contributed by atoms with Crippen molar-refractivity contribution >= 4 is 23.3 Å². The summed E-state index contributed by atoms with van der Waals surface area (Å²) in [7, 11) is 0. The minimum absolute atomic E-state index is 0.0250. The van der Waals surface area contributed by atoms with E-state index in [4.69, 9.17) is 21.1 Å². The first-order chi connectivity index (χ1) is 15.6. The molecule has 2 fully saturated rings. The molecule has 1 aromatic heterocycles. The number of carbonyl (C=O) groups is 1. The average Bonchev–Trinajstić information content (AvgIpc) is 3.32. The first-order valence-corrected chi connectivity index (χ1v) is 12.1. The first-order valence-electron chi connectivity index (χ1n) is 11.7. The molecule has 0 unspecified atom stereocenters. The number of pyridine rings is 1. The van der Waals surface area contributed by atoms with Crippen LogP contribution in [-0.2, 0) is 10.2 Å². The Hall–Kier alpha value is -2.47. The van der Waals surface area contributed by atoms with E-state index in [2.05, 4.69) is 27.3 Å². The number of nitrogens with one attached hydrogen (secondary N) is 1. The average molecular weight is 456 g/mol. The minimum Gasteiger partial charge on any atom is -0.454 e. The molecule has 3 aliphatic rings. The second-order valence-corrected chi connectivity index (χ2v) is 9.66. The molecule has 32 heavy (non-hydrogen) atoms. The van der Waals surface area contributed by atoms with Gasteiger partial charge in [0.1, 0.15) is 5.82 Å². The molecule has 1 saturated carbocycles. The highest BCUT2D eigenvalue weighted by Crippen LogP contribution is 2.43. The smallest absolute Gasteiger partial charge is 0.231 e. The lowest BCUT2D eigenvalue weighted by atomic mass is 9.69. The fraction of sp³-hybridized carbons (Fsp3) is 0.520. The Morgan fingerprint density at radius 2 is 1.88 bits per heavy atom. The van der Waals surface area contributed by atoms with Crippen LogP contribution in [0.15, 0.2) is 36.5 Å². The van der Waals surface area contributed by atoms with Gasteiger partial charge >= 0.3 is 0 Å². The number of hydrogen-bond donors (Lipinski definition) is 1. The van der Waals surface area contributed by atoms with Crippen molar-refractivity contribution < 1.29 is 14.3 Å². The lowest BCUT2D eigenvalue weighted by Crippen LogP contribution is -2.46. The van der Waals surface area contributed by atoms with E-state index >= 15 is 0 Å². The van der Waals surface area contributed by atoms with Gasteiger partial charge in [-0.2, -0.15) is 0 Å². The second-order valence-electron chi connectivity index (χ2n) is 9.22. The van der Waals surface area contributed by atoms with Gasteiger partial charge in [-0.1, -0.05) is 36.9 Å². The van der Waals surface area contributed by atoms with Crippen LogP contribution >= 0.6 is 11.6 Å². The van der Waals surface area contributed by atoms with Crippen LogP contribution in [0.3, 0.4) is 0 Å². The molecule has 7 heteroatoms. The SMILES string of the molecule is O=C(NCC1(c2ccc3c(c2)OCO3)CCCCC1)C1CCN(c2ccc(Cl)cn2)CC1. The quantitative estimate of drug-likeness (QED) is 0.708. The molecular weight excluding hydrogens is 426 g/mol. The van der Waals surface area contributed by atoms with Crippen molar-refractivity contribution in [2.75, 3.05) is 31.3 Å². The third-order valence-corrected chi connectivity index (χ3v) is 7.52. The van der Waals surface area contributed by atoms with Crippen molar-refractivity contribution in [2.45, 2.75) is 50.4 Å². The van der Waals surface area contributed by atoms with Gasteiger partial charge in [0.05, 0.1) is 5.02 Å². The molecule has 6 nitrogen and oxygen atoms in total. The van der Waals surface area contributed by atoms with Crippen molar-refractivity contribution in [3.63, 3.8) is 0 Å². The fourth-order valence-electron chi connectivity index (χ4n) is 5.35. The van der Waals surface area contributed by atoms with Crippen LogP contribution in [0.4, 0.5) is 5.82 Å². The second kappa shape index (κ2) is 9.18. The Kier molecular flexibility index (Phi) is 6.13. The number of anilines is 1. The van der Waals surface area contributed by atoms with Crippen LogP contribution in [0.25, 0.3) is 0 Å². The van der Waals surface area contributed by atoms with Gasteiger partial charge < -0.3 is 19.7 Å². The molecule has 5 rings (SSSR count). The van der Waals surface area contributed by atoms with Gasteiger partial charge in [-0.15, -0.1) is 0 Å². The maximum Gasteiger partial charge on any atom is 0.231 e. The van der Waals surface area contributed by atoms with Gasteiger partial charge in [0.15, 0.2) is 11.5 Å². The third kappa shape index (κ3) is 4.38. The van der Waals surface area contributed by atoms with Gasteiger partial charge in [-0.05, 0) is 55.5 Å². The molecule has 170 valence electrons. The lowest BCUT2D eigenvalue weighted by molar-refractivity contribution is -0.125. The number of piperidine rings is 1. The molecule has 0 atom stereocenters. The molecule has 0 spiro atoms. The van der Waals surface area contributed by atoms with E-state index in [9.17, 15) is 4.79 Å². The molecule has 1 saturated heterocycles. The van der Waals surface area contributed by atoms with Gasteiger partial charge in [0.2, 0.25) is 12.7 Å². The number of rotatable bonds is 5. The summed E-state index contributed by atoms with van der Waals surface area (Å²) in [6.45, 7) is 2.64. The van der Waals surface area contributed by atoms with Crippen molar-refractivity contribution in [3.8, 4) is 11.5 Å². The summed E-state index contributed by atoms with van der Waals surface area (Å²) >= 11 is 5.95. The van der Waals surface area contributed by atoms with E-state index < -0.39 is 0 Å². The number of benzene rings is 1. The topological polar surface area (TPSA) is 63.7 Å². The number of amides is 1. The van der Waals surface area contributed by atoms with Crippen molar-refractivity contribution in [1.82, 2.24) is 10.3 Å². The lowest BCUT2D eigenvalue weighted by Gasteiger charge is -2.39. The van der Waals surface area contributed by atoms with E-state index in [-0.39, 0.29) is 24.0 Å². The molecule has 2 aromatic rings. The summed E-state index contributed by atoms with van der Waals surface area (Å²) in [4.78, 5) is 19.7. The normalized spacial score (nSPS) is 20.2. The number of nitrogens with zero attached hydrogens (tertiary/aromatic N) is 2. The number of hydrogen-bond acceptors (Lipinski definition) is 5. The zero-order valence-corrected chi connectivity index (χ0v) is 19.1. The molecule has 0 radical (unpaired) electrons. The first kappa shape index (κ1) is 21.4. The summed E-state index contributed by atoms with van der Waals surface area (Å²) in [5.41, 5.74) is 1.23. The predicted molar refractivity (Wildman–Crippen MR) is 125 cm³/mol. The van der Waals surface area contributed by atoms with Crippen molar-refractivity contribution in [2.24, 2.45) is 5.92 Å². The van der Waals surface area contributed by atoms with Crippen LogP contribution in [0, 0.1) is 5.92 Å². The van der Waals surface area contributed by atoms with E-state index in [0.717, 1.165) is 56.1 Å². The highest BCUT2D eigenvalue weighted by Gasteiger charge is 2.36. The molecular formula is C25H30ClN3O3. The van der Waals surface area contributed by atoms with Gasteiger partial charge in [-0.3, -0.25) is 4.79 Å². The summed E-state index contributed by atoms with van der Waals surface area (Å²) in [5.74, 6) is 2.79.